The number of anilines is 1. The SMILES string of the molecule is O=C1N2[C@@H](CC[C@H]2c2ccccc2)OC12CCN(c1ncnc3c1COC3)CC2. The van der Waals surface area contributed by atoms with E-state index < -0.39 is 5.60 Å². The second kappa shape index (κ2) is 6.50. The van der Waals surface area contributed by atoms with Crippen molar-refractivity contribution < 1.29 is 14.3 Å². The van der Waals surface area contributed by atoms with Crippen LogP contribution in [0, 0.1) is 0 Å². The lowest BCUT2D eigenvalue weighted by molar-refractivity contribution is -0.140. The zero-order chi connectivity index (χ0) is 19.4. The van der Waals surface area contributed by atoms with Crippen molar-refractivity contribution >= 4 is 11.7 Å². The summed E-state index contributed by atoms with van der Waals surface area (Å²) in [5, 5.41) is 0. The standard InChI is InChI=1S/C22H24N4O3/c27-21-22(29-19-7-6-18(26(19)21)15-4-2-1-3-5-15)8-10-25(11-9-22)20-16-12-28-13-17(16)23-14-24-20/h1-5,14,18-19H,6-13H2/t18-,19+/m0/s1. The van der Waals surface area contributed by atoms with Gasteiger partial charge in [-0.2, -0.15) is 0 Å². The molecule has 7 nitrogen and oxygen atoms in total. The van der Waals surface area contributed by atoms with Crippen LogP contribution in [0.25, 0.3) is 0 Å². The lowest BCUT2D eigenvalue weighted by Crippen LogP contribution is -2.50. The highest BCUT2D eigenvalue weighted by molar-refractivity contribution is 5.88. The molecule has 1 spiro atoms. The first-order valence-corrected chi connectivity index (χ1v) is 10.5. The number of benzene rings is 1. The van der Waals surface area contributed by atoms with Gasteiger partial charge in [0.2, 0.25) is 0 Å². The fourth-order valence-electron chi connectivity index (χ4n) is 5.36. The van der Waals surface area contributed by atoms with Crippen LogP contribution in [-0.4, -0.2) is 45.7 Å². The van der Waals surface area contributed by atoms with Gasteiger partial charge in [-0.15, -0.1) is 0 Å². The molecular formula is C22H24N4O3. The first kappa shape index (κ1) is 17.4. The topological polar surface area (TPSA) is 67.8 Å². The average molecular weight is 392 g/mol. The van der Waals surface area contributed by atoms with Crippen molar-refractivity contribution in [2.45, 2.75) is 56.8 Å². The molecule has 6 rings (SSSR count). The van der Waals surface area contributed by atoms with Gasteiger partial charge in [-0.25, -0.2) is 9.97 Å². The summed E-state index contributed by atoms with van der Waals surface area (Å²) in [5.41, 5.74) is 2.60. The molecule has 1 aromatic carbocycles. The first-order valence-electron chi connectivity index (χ1n) is 10.5. The van der Waals surface area contributed by atoms with E-state index in [9.17, 15) is 4.79 Å². The van der Waals surface area contributed by atoms with E-state index in [0.29, 0.717) is 26.1 Å². The molecule has 3 fully saturated rings. The van der Waals surface area contributed by atoms with Crippen LogP contribution in [-0.2, 0) is 27.5 Å². The number of carbonyl (C=O) groups is 1. The summed E-state index contributed by atoms with van der Waals surface area (Å²) in [6, 6.07) is 10.5. The Hall–Kier alpha value is -2.51. The lowest BCUT2D eigenvalue weighted by Gasteiger charge is -2.38. The quantitative estimate of drug-likeness (QED) is 0.783. The van der Waals surface area contributed by atoms with Crippen molar-refractivity contribution in [3.8, 4) is 0 Å². The number of hydrogen-bond donors (Lipinski definition) is 0. The van der Waals surface area contributed by atoms with Crippen LogP contribution in [0.15, 0.2) is 36.7 Å². The number of nitrogens with zero attached hydrogens (tertiary/aromatic N) is 4. The van der Waals surface area contributed by atoms with Gasteiger partial charge in [0.1, 0.15) is 18.4 Å². The Balaban J connectivity index is 1.21. The zero-order valence-electron chi connectivity index (χ0n) is 16.3. The summed E-state index contributed by atoms with van der Waals surface area (Å²) in [5.74, 6) is 1.13. The second-order valence-electron chi connectivity index (χ2n) is 8.39. The zero-order valence-corrected chi connectivity index (χ0v) is 16.3. The summed E-state index contributed by atoms with van der Waals surface area (Å²) in [4.78, 5) is 26.6. The van der Waals surface area contributed by atoms with Crippen LogP contribution in [0.4, 0.5) is 5.82 Å². The molecule has 0 aliphatic carbocycles. The van der Waals surface area contributed by atoms with Crippen molar-refractivity contribution in [3.63, 3.8) is 0 Å². The second-order valence-corrected chi connectivity index (χ2v) is 8.39. The maximum Gasteiger partial charge on any atom is 0.257 e. The monoisotopic (exact) mass is 392 g/mol. The molecular weight excluding hydrogens is 368 g/mol. The molecule has 4 aliphatic heterocycles. The Morgan fingerprint density at radius 1 is 1.03 bits per heavy atom. The van der Waals surface area contributed by atoms with E-state index in [-0.39, 0.29) is 18.2 Å². The summed E-state index contributed by atoms with van der Waals surface area (Å²) in [7, 11) is 0. The Morgan fingerprint density at radius 3 is 2.69 bits per heavy atom. The summed E-state index contributed by atoms with van der Waals surface area (Å²) in [6.07, 6.45) is 4.80. The van der Waals surface area contributed by atoms with Crippen molar-refractivity contribution in [2.24, 2.45) is 0 Å². The molecule has 2 aromatic rings. The van der Waals surface area contributed by atoms with Crippen molar-refractivity contribution in [1.82, 2.24) is 14.9 Å². The molecule has 0 saturated carbocycles. The number of fused-ring (bicyclic) bond motifs is 2. The van der Waals surface area contributed by atoms with E-state index in [1.54, 1.807) is 6.33 Å². The Bertz CT molecular complexity index is 942. The van der Waals surface area contributed by atoms with Gasteiger partial charge in [0.15, 0.2) is 5.60 Å². The predicted octanol–water partition coefficient (Wildman–Crippen LogP) is 2.57. The smallest absolute Gasteiger partial charge is 0.257 e. The third kappa shape index (κ3) is 2.60. The van der Waals surface area contributed by atoms with Crippen LogP contribution >= 0.6 is 0 Å². The van der Waals surface area contributed by atoms with Crippen LogP contribution in [0.2, 0.25) is 0 Å². The highest BCUT2D eigenvalue weighted by Crippen LogP contribution is 2.48. The van der Waals surface area contributed by atoms with E-state index in [2.05, 4.69) is 27.0 Å². The summed E-state index contributed by atoms with van der Waals surface area (Å²) >= 11 is 0. The molecule has 4 aliphatic rings. The molecule has 0 bridgehead atoms. The lowest BCUT2D eigenvalue weighted by atomic mass is 9.89. The van der Waals surface area contributed by atoms with Gasteiger partial charge in [0.05, 0.1) is 24.9 Å². The fraction of sp³-hybridized carbons (Fsp3) is 0.500. The number of aromatic nitrogens is 2. The highest BCUT2D eigenvalue weighted by atomic mass is 16.6. The minimum Gasteiger partial charge on any atom is -0.370 e. The number of hydrogen-bond acceptors (Lipinski definition) is 6. The van der Waals surface area contributed by atoms with Gasteiger partial charge in [-0.3, -0.25) is 4.79 Å². The molecule has 0 unspecified atom stereocenters. The maximum atomic E-state index is 13.5. The van der Waals surface area contributed by atoms with Crippen molar-refractivity contribution in [3.05, 3.63) is 53.5 Å². The molecule has 1 aromatic heterocycles. The Morgan fingerprint density at radius 2 is 1.86 bits per heavy atom. The van der Waals surface area contributed by atoms with Crippen molar-refractivity contribution in [1.29, 1.82) is 0 Å². The molecule has 7 heteroatoms. The van der Waals surface area contributed by atoms with Gasteiger partial charge in [0, 0.05) is 31.5 Å². The molecule has 5 heterocycles. The number of ether oxygens (including phenoxy) is 2. The molecule has 1 amide bonds. The van der Waals surface area contributed by atoms with Crippen LogP contribution in [0.1, 0.15) is 48.5 Å². The predicted molar refractivity (Wildman–Crippen MR) is 105 cm³/mol. The fourth-order valence-corrected chi connectivity index (χ4v) is 5.36. The van der Waals surface area contributed by atoms with Crippen molar-refractivity contribution in [2.75, 3.05) is 18.0 Å². The normalized spacial score (nSPS) is 27.5. The van der Waals surface area contributed by atoms with Crippen LogP contribution < -0.4 is 4.90 Å². The third-order valence-electron chi connectivity index (χ3n) is 6.87. The summed E-state index contributed by atoms with van der Waals surface area (Å²) in [6.45, 7) is 2.64. The molecule has 2 atom stereocenters. The van der Waals surface area contributed by atoms with Crippen LogP contribution in [0.5, 0.6) is 0 Å². The third-order valence-corrected chi connectivity index (χ3v) is 6.87. The molecule has 0 radical (unpaired) electrons. The minimum absolute atomic E-state index is 0.0871. The largest absolute Gasteiger partial charge is 0.370 e. The van der Waals surface area contributed by atoms with E-state index >= 15 is 0 Å². The molecule has 3 saturated heterocycles. The van der Waals surface area contributed by atoms with Gasteiger partial charge in [-0.1, -0.05) is 30.3 Å². The highest BCUT2D eigenvalue weighted by Gasteiger charge is 2.58. The van der Waals surface area contributed by atoms with E-state index in [1.807, 2.05) is 23.1 Å². The number of piperidine rings is 1. The maximum absolute atomic E-state index is 13.5. The number of rotatable bonds is 2. The molecule has 150 valence electrons. The van der Waals surface area contributed by atoms with Gasteiger partial charge < -0.3 is 19.3 Å². The van der Waals surface area contributed by atoms with Gasteiger partial charge in [-0.05, 0) is 18.4 Å². The number of amides is 1. The van der Waals surface area contributed by atoms with Gasteiger partial charge >= 0.3 is 0 Å². The first-order chi connectivity index (χ1) is 14.3. The summed E-state index contributed by atoms with van der Waals surface area (Å²) < 4.78 is 12.0. The van der Waals surface area contributed by atoms with Gasteiger partial charge in [0.25, 0.3) is 5.91 Å². The molecule has 0 N–H and O–H groups in total. The van der Waals surface area contributed by atoms with E-state index in [0.717, 1.165) is 43.0 Å². The van der Waals surface area contributed by atoms with E-state index in [4.69, 9.17) is 9.47 Å². The minimum atomic E-state index is -0.679. The Labute approximate surface area is 169 Å². The average Bonchev–Trinajstić information content (AvgIpc) is 3.46. The molecule has 29 heavy (non-hydrogen) atoms. The van der Waals surface area contributed by atoms with E-state index in [1.165, 1.54) is 5.56 Å². The number of carbonyl (C=O) groups excluding carboxylic acids is 1. The van der Waals surface area contributed by atoms with Crippen LogP contribution in [0.3, 0.4) is 0 Å². The Kier molecular flexibility index (Phi) is 3.89.